The monoisotopic (exact) mass is 395 g/mol. The first-order valence-electron chi connectivity index (χ1n) is 7.53. The molecule has 0 radical (unpaired) electrons. The van der Waals surface area contributed by atoms with Gasteiger partial charge in [-0.2, -0.15) is 0 Å². The summed E-state index contributed by atoms with van der Waals surface area (Å²) in [4.78, 5) is 20.7. The van der Waals surface area contributed by atoms with Crippen LogP contribution in [0.15, 0.2) is 40.3 Å². The van der Waals surface area contributed by atoms with Crippen LogP contribution in [0.5, 0.6) is 5.75 Å². The first-order chi connectivity index (χ1) is 11.2. The molecule has 0 spiro atoms. The van der Waals surface area contributed by atoms with E-state index in [9.17, 15) is 4.79 Å². The Morgan fingerprint density at radius 2 is 2.13 bits per heavy atom. The molecule has 5 nitrogen and oxygen atoms in total. The third-order valence-electron chi connectivity index (χ3n) is 3.70. The fraction of sp³-hybridized carbons (Fsp3) is 0.375. The molecule has 7 heteroatoms. The summed E-state index contributed by atoms with van der Waals surface area (Å²) in [5.41, 5.74) is 0. The Morgan fingerprint density at radius 3 is 2.83 bits per heavy atom. The van der Waals surface area contributed by atoms with Crippen LogP contribution in [0.2, 0.25) is 0 Å². The summed E-state index contributed by atoms with van der Waals surface area (Å²) in [7, 11) is 0. The largest absolute Gasteiger partial charge is 0.493 e. The van der Waals surface area contributed by atoms with Crippen molar-refractivity contribution in [2.24, 2.45) is 0 Å². The van der Waals surface area contributed by atoms with E-state index in [4.69, 9.17) is 4.74 Å². The average Bonchev–Trinajstić information content (AvgIpc) is 3.09. The molecule has 1 aliphatic rings. The van der Waals surface area contributed by atoms with Gasteiger partial charge in [0.1, 0.15) is 5.75 Å². The van der Waals surface area contributed by atoms with Gasteiger partial charge in [0, 0.05) is 42.2 Å². The van der Waals surface area contributed by atoms with E-state index in [2.05, 4.69) is 25.8 Å². The van der Waals surface area contributed by atoms with Crippen LogP contribution in [-0.4, -0.2) is 48.6 Å². The molecule has 1 aromatic carbocycles. The van der Waals surface area contributed by atoms with Crippen LogP contribution in [0, 0.1) is 0 Å². The topological polar surface area (TPSA) is 45.7 Å². The van der Waals surface area contributed by atoms with Crippen molar-refractivity contribution in [2.45, 2.75) is 6.42 Å². The van der Waals surface area contributed by atoms with Crippen molar-refractivity contribution in [3.8, 4) is 5.75 Å². The van der Waals surface area contributed by atoms with Crippen molar-refractivity contribution in [2.75, 3.05) is 37.7 Å². The summed E-state index contributed by atoms with van der Waals surface area (Å²) < 4.78 is 6.60. The standard InChI is InChI=1S/C16H18BrN3O2S/c17-13-2-1-3-14(12-13)22-10-4-15(21)19-6-8-20(9-7-19)16-18-5-11-23-16/h1-3,5,11-12H,4,6-10H2. The number of rotatable bonds is 5. The van der Waals surface area contributed by atoms with Crippen LogP contribution in [0.1, 0.15) is 6.42 Å². The van der Waals surface area contributed by atoms with E-state index in [-0.39, 0.29) is 5.91 Å². The Labute approximate surface area is 148 Å². The van der Waals surface area contributed by atoms with Crippen LogP contribution in [0.3, 0.4) is 0 Å². The lowest BCUT2D eigenvalue weighted by Gasteiger charge is -2.34. The number of carbonyl (C=O) groups is 1. The fourth-order valence-electron chi connectivity index (χ4n) is 2.49. The molecule has 0 saturated carbocycles. The number of halogens is 1. The Hall–Kier alpha value is -1.60. The quantitative estimate of drug-likeness (QED) is 0.780. The van der Waals surface area contributed by atoms with Crippen LogP contribution in [0.25, 0.3) is 0 Å². The molecule has 2 heterocycles. The minimum absolute atomic E-state index is 0.152. The van der Waals surface area contributed by atoms with Gasteiger partial charge in [-0.05, 0) is 18.2 Å². The lowest BCUT2D eigenvalue weighted by molar-refractivity contribution is -0.132. The number of anilines is 1. The van der Waals surface area contributed by atoms with Gasteiger partial charge < -0.3 is 14.5 Å². The molecule has 1 amide bonds. The van der Waals surface area contributed by atoms with Crippen LogP contribution in [-0.2, 0) is 4.79 Å². The zero-order valence-corrected chi connectivity index (χ0v) is 15.1. The van der Waals surface area contributed by atoms with E-state index >= 15 is 0 Å². The first kappa shape index (κ1) is 16.3. The van der Waals surface area contributed by atoms with Crippen LogP contribution >= 0.6 is 27.3 Å². The fourth-order valence-corrected chi connectivity index (χ4v) is 3.57. The minimum Gasteiger partial charge on any atom is -0.493 e. The van der Waals surface area contributed by atoms with E-state index in [1.165, 1.54) is 0 Å². The van der Waals surface area contributed by atoms with Crippen molar-refractivity contribution in [1.29, 1.82) is 0 Å². The van der Waals surface area contributed by atoms with Crippen LogP contribution < -0.4 is 9.64 Å². The summed E-state index contributed by atoms with van der Waals surface area (Å²) in [6.45, 7) is 3.57. The third-order valence-corrected chi connectivity index (χ3v) is 5.03. The highest BCUT2D eigenvalue weighted by molar-refractivity contribution is 9.10. The molecule has 2 aromatic rings. The van der Waals surface area contributed by atoms with Gasteiger partial charge in [-0.1, -0.05) is 22.0 Å². The van der Waals surface area contributed by atoms with Gasteiger partial charge in [-0.3, -0.25) is 4.79 Å². The van der Waals surface area contributed by atoms with E-state index in [0.717, 1.165) is 41.5 Å². The highest BCUT2D eigenvalue weighted by Gasteiger charge is 2.22. The minimum atomic E-state index is 0.152. The molecule has 122 valence electrons. The molecule has 0 unspecified atom stereocenters. The van der Waals surface area contributed by atoms with Crippen molar-refractivity contribution >= 4 is 38.3 Å². The lowest BCUT2D eigenvalue weighted by atomic mass is 10.3. The first-order valence-corrected chi connectivity index (χ1v) is 9.20. The lowest BCUT2D eigenvalue weighted by Crippen LogP contribution is -2.49. The smallest absolute Gasteiger partial charge is 0.226 e. The second-order valence-corrected chi connectivity index (χ2v) is 7.03. The number of hydrogen-bond acceptors (Lipinski definition) is 5. The summed E-state index contributed by atoms with van der Waals surface area (Å²) in [6, 6.07) is 7.65. The Balaban J connectivity index is 1.41. The number of aromatic nitrogens is 1. The van der Waals surface area contributed by atoms with Gasteiger partial charge in [-0.25, -0.2) is 4.98 Å². The van der Waals surface area contributed by atoms with Gasteiger partial charge in [0.15, 0.2) is 5.13 Å². The van der Waals surface area contributed by atoms with E-state index in [1.54, 1.807) is 11.3 Å². The van der Waals surface area contributed by atoms with Crippen molar-refractivity contribution in [3.05, 3.63) is 40.3 Å². The van der Waals surface area contributed by atoms with Gasteiger partial charge >= 0.3 is 0 Å². The number of thiazole rings is 1. The van der Waals surface area contributed by atoms with Crippen LogP contribution in [0.4, 0.5) is 5.13 Å². The number of nitrogens with zero attached hydrogens (tertiary/aromatic N) is 3. The molecule has 0 atom stereocenters. The number of carbonyl (C=O) groups excluding carboxylic acids is 1. The van der Waals surface area contributed by atoms with E-state index in [1.807, 2.05) is 40.7 Å². The molecule has 3 rings (SSSR count). The summed E-state index contributed by atoms with van der Waals surface area (Å²) in [6.07, 6.45) is 2.22. The molecule has 0 N–H and O–H groups in total. The number of piperazine rings is 1. The Morgan fingerprint density at radius 1 is 1.30 bits per heavy atom. The second-order valence-electron chi connectivity index (χ2n) is 5.24. The molecule has 1 fully saturated rings. The number of amides is 1. The van der Waals surface area contributed by atoms with Gasteiger partial charge in [-0.15, -0.1) is 11.3 Å². The third kappa shape index (κ3) is 4.45. The summed E-state index contributed by atoms with van der Waals surface area (Å²) in [5, 5.41) is 3.02. The molecule has 1 saturated heterocycles. The number of benzene rings is 1. The zero-order chi connectivity index (χ0) is 16.1. The van der Waals surface area contributed by atoms with Crippen molar-refractivity contribution < 1.29 is 9.53 Å². The van der Waals surface area contributed by atoms with Crippen molar-refractivity contribution in [1.82, 2.24) is 9.88 Å². The number of ether oxygens (including phenoxy) is 1. The summed E-state index contributed by atoms with van der Waals surface area (Å²) in [5.74, 6) is 0.930. The molecule has 0 bridgehead atoms. The molecular weight excluding hydrogens is 378 g/mol. The maximum Gasteiger partial charge on any atom is 0.226 e. The van der Waals surface area contributed by atoms with Gasteiger partial charge in [0.25, 0.3) is 0 Å². The Kier molecular flexibility index (Phi) is 5.51. The van der Waals surface area contributed by atoms with E-state index < -0.39 is 0 Å². The maximum atomic E-state index is 12.3. The highest BCUT2D eigenvalue weighted by atomic mass is 79.9. The summed E-state index contributed by atoms with van der Waals surface area (Å²) >= 11 is 5.04. The van der Waals surface area contributed by atoms with E-state index in [0.29, 0.717) is 13.0 Å². The average molecular weight is 396 g/mol. The molecule has 23 heavy (non-hydrogen) atoms. The zero-order valence-electron chi connectivity index (χ0n) is 12.7. The highest BCUT2D eigenvalue weighted by Crippen LogP contribution is 2.20. The number of hydrogen-bond donors (Lipinski definition) is 0. The normalized spacial score (nSPS) is 14.8. The van der Waals surface area contributed by atoms with Gasteiger partial charge in [0.2, 0.25) is 5.91 Å². The van der Waals surface area contributed by atoms with Gasteiger partial charge in [0.05, 0.1) is 13.0 Å². The molecule has 1 aliphatic heterocycles. The molecule has 1 aromatic heterocycles. The predicted molar refractivity (Wildman–Crippen MR) is 95.2 cm³/mol. The molecule has 0 aliphatic carbocycles. The Bertz CT molecular complexity index is 643. The predicted octanol–water partition coefficient (Wildman–Crippen LogP) is 3.02. The maximum absolute atomic E-state index is 12.3. The molecular formula is C16H18BrN3O2S. The second kappa shape index (κ2) is 7.79. The SMILES string of the molecule is O=C(CCOc1cccc(Br)c1)N1CCN(c2nccs2)CC1. The van der Waals surface area contributed by atoms with Crippen molar-refractivity contribution in [3.63, 3.8) is 0 Å².